The fourth-order valence-corrected chi connectivity index (χ4v) is 6.66. The molecular formula is C38H56N2O10. The maximum absolute atomic E-state index is 13.3. The van der Waals surface area contributed by atoms with E-state index in [-0.39, 0.29) is 49.5 Å². The zero-order valence-electron chi connectivity index (χ0n) is 30.3. The zero-order chi connectivity index (χ0) is 35.9. The maximum Gasteiger partial charge on any atom is 0.407 e. The Kier molecular flexibility index (Phi) is 16.0. The van der Waals surface area contributed by atoms with Crippen LogP contribution in [-0.4, -0.2) is 86.5 Å². The Morgan fingerprint density at radius 3 is 2.58 bits per heavy atom. The molecule has 4 bridgehead atoms. The number of aryl methyl sites for hydroxylation is 1. The van der Waals surface area contributed by atoms with Gasteiger partial charge in [0, 0.05) is 45.4 Å². The van der Waals surface area contributed by atoms with Crippen LogP contribution in [0.2, 0.25) is 0 Å². The Bertz CT molecular complexity index is 1310. The molecular weight excluding hydrogens is 644 g/mol. The van der Waals surface area contributed by atoms with Gasteiger partial charge in [0.1, 0.15) is 18.5 Å². The minimum atomic E-state index is -0.517. The van der Waals surface area contributed by atoms with Crippen LogP contribution in [0.15, 0.2) is 41.1 Å². The Morgan fingerprint density at radius 2 is 1.80 bits per heavy atom. The summed E-state index contributed by atoms with van der Waals surface area (Å²) < 4.78 is 40.8. The second-order valence-electron chi connectivity index (χ2n) is 14.0. The van der Waals surface area contributed by atoms with E-state index in [1.54, 1.807) is 31.6 Å². The number of aromatic nitrogens is 1. The molecule has 278 valence electrons. The predicted octanol–water partition coefficient (Wildman–Crippen LogP) is 6.28. The predicted molar refractivity (Wildman–Crippen MR) is 186 cm³/mol. The van der Waals surface area contributed by atoms with Crippen LogP contribution < -0.4 is 5.32 Å². The molecule has 1 unspecified atom stereocenters. The van der Waals surface area contributed by atoms with Gasteiger partial charge in [-0.15, -0.1) is 0 Å². The van der Waals surface area contributed by atoms with E-state index in [1.807, 2.05) is 6.08 Å². The fourth-order valence-electron chi connectivity index (χ4n) is 6.66. The number of methoxy groups -OCH3 is 2. The third-order valence-corrected chi connectivity index (χ3v) is 9.35. The Hall–Kier alpha value is -3.48. The maximum atomic E-state index is 13.3. The first-order valence-corrected chi connectivity index (χ1v) is 18.1. The van der Waals surface area contributed by atoms with Crippen molar-refractivity contribution in [3.05, 3.63) is 48.2 Å². The summed E-state index contributed by atoms with van der Waals surface area (Å²) in [5.74, 6) is 0.537. The highest BCUT2D eigenvalue weighted by Gasteiger charge is 2.38. The van der Waals surface area contributed by atoms with Gasteiger partial charge in [-0.05, 0) is 62.5 Å². The molecule has 4 rings (SSSR count). The van der Waals surface area contributed by atoms with Crippen molar-refractivity contribution in [3.8, 4) is 0 Å². The molecule has 0 radical (unpaired) electrons. The normalized spacial score (nSPS) is 29.6. The van der Waals surface area contributed by atoms with Gasteiger partial charge in [0.2, 0.25) is 5.89 Å². The summed E-state index contributed by atoms with van der Waals surface area (Å²) in [4.78, 5) is 41.7. The SMILES string of the molecule is COC(=O)NCC=Cc1nc(CCC=CC(=O)O[C@H]2CC3CC(=O)O[C@@H](C=CCC(C)C)C[C@@H]4CC[C@H](C)[C@@H](C[C@@H](OC)C[C@H](C2)O3)O4)co1. The molecule has 12 nitrogen and oxygen atoms in total. The minimum Gasteiger partial charge on any atom is -0.459 e. The Balaban J connectivity index is 1.34. The van der Waals surface area contributed by atoms with Crippen molar-refractivity contribution in [1.82, 2.24) is 10.3 Å². The van der Waals surface area contributed by atoms with Crippen molar-refractivity contribution >= 4 is 24.1 Å². The second kappa shape index (κ2) is 20.4. The number of oxazole rings is 1. The molecule has 3 saturated heterocycles. The molecule has 8 atom stereocenters. The third kappa shape index (κ3) is 13.7. The quantitative estimate of drug-likeness (QED) is 0.114. The molecule has 3 aliphatic heterocycles. The van der Waals surface area contributed by atoms with Crippen molar-refractivity contribution in [1.29, 1.82) is 0 Å². The lowest BCUT2D eigenvalue weighted by atomic mass is 9.86. The van der Waals surface area contributed by atoms with E-state index in [0.717, 1.165) is 31.4 Å². The molecule has 0 aromatic carbocycles. The average molecular weight is 701 g/mol. The van der Waals surface area contributed by atoms with Gasteiger partial charge < -0.3 is 38.2 Å². The number of alkyl carbamates (subject to hydrolysis) is 1. The number of fused-ring (bicyclic) bond motifs is 4. The van der Waals surface area contributed by atoms with E-state index in [0.29, 0.717) is 56.3 Å². The number of carbonyl (C=O) groups excluding carboxylic acids is 3. The summed E-state index contributed by atoms with van der Waals surface area (Å²) in [5, 5.41) is 2.54. The average Bonchev–Trinajstić information content (AvgIpc) is 3.52. The van der Waals surface area contributed by atoms with Gasteiger partial charge in [-0.1, -0.05) is 39.0 Å². The molecule has 3 aliphatic rings. The molecule has 50 heavy (non-hydrogen) atoms. The Morgan fingerprint density at radius 1 is 1.00 bits per heavy atom. The highest BCUT2D eigenvalue weighted by atomic mass is 16.6. The summed E-state index contributed by atoms with van der Waals surface area (Å²) in [6.07, 6.45) is 17.2. The van der Waals surface area contributed by atoms with Crippen LogP contribution >= 0.6 is 0 Å². The number of esters is 2. The summed E-state index contributed by atoms with van der Waals surface area (Å²) >= 11 is 0. The summed E-state index contributed by atoms with van der Waals surface area (Å²) in [6, 6.07) is 0. The lowest BCUT2D eigenvalue weighted by Crippen LogP contribution is -2.43. The van der Waals surface area contributed by atoms with Crippen LogP contribution in [0.25, 0.3) is 6.08 Å². The molecule has 0 aliphatic carbocycles. The van der Waals surface area contributed by atoms with Gasteiger partial charge in [0.15, 0.2) is 0 Å². The first kappa shape index (κ1) is 39.3. The van der Waals surface area contributed by atoms with E-state index >= 15 is 0 Å². The van der Waals surface area contributed by atoms with E-state index in [2.05, 4.69) is 41.9 Å². The largest absolute Gasteiger partial charge is 0.459 e. The molecule has 1 aromatic rings. The van der Waals surface area contributed by atoms with Crippen molar-refractivity contribution in [2.75, 3.05) is 20.8 Å². The molecule has 3 fully saturated rings. The zero-order valence-corrected chi connectivity index (χ0v) is 30.3. The number of hydrogen-bond donors (Lipinski definition) is 1. The first-order valence-electron chi connectivity index (χ1n) is 18.1. The molecule has 4 heterocycles. The van der Waals surface area contributed by atoms with E-state index in [9.17, 15) is 14.4 Å². The highest BCUT2D eigenvalue weighted by Crippen LogP contribution is 2.34. The van der Waals surface area contributed by atoms with Crippen molar-refractivity contribution in [3.63, 3.8) is 0 Å². The first-order chi connectivity index (χ1) is 24.1. The van der Waals surface area contributed by atoms with Gasteiger partial charge in [0.05, 0.1) is 49.7 Å². The molecule has 0 spiro atoms. The number of cyclic esters (lactones) is 1. The molecule has 1 aromatic heterocycles. The van der Waals surface area contributed by atoms with Crippen LogP contribution in [0, 0.1) is 11.8 Å². The molecule has 1 N–H and O–H groups in total. The van der Waals surface area contributed by atoms with Gasteiger partial charge in [-0.25, -0.2) is 14.6 Å². The number of ether oxygens (including phenoxy) is 6. The number of nitrogens with zero attached hydrogens (tertiary/aromatic N) is 1. The van der Waals surface area contributed by atoms with Gasteiger partial charge in [-0.3, -0.25) is 4.79 Å². The monoisotopic (exact) mass is 700 g/mol. The molecule has 12 heteroatoms. The Labute approximate surface area is 296 Å². The number of rotatable bonds is 12. The summed E-state index contributed by atoms with van der Waals surface area (Å²) in [5.41, 5.74) is 0.735. The minimum absolute atomic E-state index is 0.0180. The van der Waals surface area contributed by atoms with Crippen LogP contribution in [0.3, 0.4) is 0 Å². The number of nitrogens with one attached hydrogen (secondary N) is 1. The fraction of sp³-hybridized carbons (Fsp3) is 0.684. The van der Waals surface area contributed by atoms with E-state index in [4.69, 9.17) is 28.1 Å². The van der Waals surface area contributed by atoms with Gasteiger partial charge in [0.25, 0.3) is 0 Å². The third-order valence-electron chi connectivity index (χ3n) is 9.35. The number of hydrogen-bond acceptors (Lipinski definition) is 11. The smallest absolute Gasteiger partial charge is 0.407 e. The van der Waals surface area contributed by atoms with Crippen LogP contribution in [0.5, 0.6) is 0 Å². The number of carbonyl (C=O) groups is 3. The van der Waals surface area contributed by atoms with Crippen molar-refractivity contribution in [2.45, 2.75) is 134 Å². The summed E-state index contributed by atoms with van der Waals surface area (Å²) in [6.45, 7) is 6.83. The standard InChI is InChI=1S/C38H56N2O10/c1-25(2)10-8-12-28-18-29-16-15-26(3)34(48-29)22-30(44-4)19-31-20-32(21-33(47-31)23-37(42)49-28)50-36(41)14-7-6-11-27-24-46-35(40-27)13-9-17-39-38(43)45-5/h7-9,12-14,24-26,28-34H,6,10-11,15-23H2,1-5H3,(H,39,43)/t26-,28-,29-,30-,31+,32+,33?,34+/m0/s1. The van der Waals surface area contributed by atoms with Crippen LogP contribution in [0.1, 0.15) is 96.6 Å². The number of amides is 1. The van der Waals surface area contributed by atoms with Gasteiger partial charge in [-0.2, -0.15) is 0 Å². The topological polar surface area (TPSA) is 145 Å². The van der Waals surface area contributed by atoms with E-state index < -0.39 is 24.3 Å². The lowest BCUT2D eigenvalue weighted by molar-refractivity contribution is -0.171. The summed E-state index contributed by atoms with van der Waals surface area (Å²) in [7, 11) is 3.02. The molecule has 1 amide bonds. The van der Waals surface area contributed by atoms with Crippen LogP contribution in [-0.2, 0) is 44.4 Å². The van der Waals surface area contributed by atoms with Crippen molar-refractivity contribution < 1.29 is 47.2 Å². The molecule has 0 saturated carbocycles. The number of allylic oxidation sites excluding steroid dienone is 2. The second-order valence-corrected chi connectivity index (χ2v) is 14.0. The van der Waals surface area contributed by atoms with Gasteiger partial charge >= 0.3 is 18.0 Å². The van der Waals surface area contributed by atoms with Crippen molar-refractivity contribution in [2.24, 2.45) is 11.8 Å². The van der Waals surface area contributed by atoms with Crippen LogP contribution in [0.4, 0.5) is 4.79 Å². The highest BCUT2D eigenvalue weighted by molar-refractivity contribution is 5.82. The lowest BCUT2D eigenvalue weighted by Gasteiger charge is -2.40. The van der Waals surface area contributed by atoms with E-state index in [1.165, 1.54) is 13.2 Å².